The minimum atomic E-state index is -1.24. The monoisotopic (exact) mass is 338 g/mol. The predicted molar refractivity (Wildman–Crippen MR) is 104 cm³/mol. The van der Waals surface area contributed by atoms with Crippen LogP contribution in [-0.2, 0) is 18.0 Å². The van der Waals surface area contributed by atoms with Crippen molar-refractivity contribution in [2.75, 3.05) is 0 Å². The molecular weight excluding hydrogens is 316 g/mol. The molecule has 0 spiro atoms. The van der Waals surface area contributed by atoms with Gasteiger partial charge in [0.05, 0.1) is 4.75 Å². The molecule has 0 amide bonds. The summed E-state index contributed by atoms with van der Waals surface area (Å²) in [5.74, 6) is 0. The van der Waals surface area contributed by atoms with Gasteiger partial charge in [0.25, 0.3) is 0 Å². The van der Waals surface area contributed by atoms with Crippen LogP contribution in [-0.4, -0.2) is 19.7 Å². The molecule has 0 aliphatic rings. The van der Waals surface area contributed by atoms with Crippen LogP contribution in [0.25, 0.3) is 22.0 Å². The molecule has 0 N–H and O–H groups in total. The van der Waals surface area contributed by atoms with Gasteiger partial charge in [-0.25, -0.2) is 4.21 Å². The fraction of sp³-hybridized carbons (Fsp3) is 0.250. The molecule has 1 aromatic heterocycles. The van der Waals surface area contributed by atoms with Gasteiger partial charge in [0.1, 0.15) is 11.0 Å². The van der Waals surface area contributed by atoms with Crippen LogP contribution in [0, 0.1) is 0 Å². The highest BCUT2D eigenvalue weighted by Crippen LogP contribution is 2.30. The van der Waals surface area contributed by atoms with Crippen LogP contribution in [0.15, 0.2) is 59.1 Å². The van der Waals surface area contributed by atoms with Crippen molar-refractivity contribution in [2.45, 2.75) is 25.5 Å². The number of rotatable bonds is 3. The summed E-state index contributed by atoms with van der Waals surface area (Å²) in [6.45, 7) is 5.77. The Morgan fingerprint density at radius 2 is 1.79 bits per heavy atom. The zero-order chi connectivity index (χ0) is 17.3. The number of aryl methyl sites for hydroxylation is 1. The summed E-state index contributed by atoms with van der Waals surface area (Å²) in [5, 5.41) is 1.21. The second kappa shape index (κ2) is 6.36. The van der Waals surface area contributed by atoms with E-state index in [1.807, 2.05) is 40.0 Å². The second-order valence-corrected chi connectivity index (χ2v) is 8.83. The lowest BCUT2D eigenvalue weighted by atomic mass is 10.0. The van der Waals surface area contributed by atoms with E-state index in [4.69, 9.17) is 0 Å². The lowest BCUT2D eigenvalue weighted by molar-refractivity contribution is 0.651. The molecule has 0 fully saturated rings. The molecule has 3 rings (SSSR count). The number of benzene rings is 2. The molecule has 1 heterocycles. The quantitative estimate of drug-likeness (QED) is 0.636. The molecule has 0 saturated heterocycles. The first-order valence-electron chi connectivity index (χ1n) is 7.97. The van der Waals surface area contributed by atoms with Crippen molar-refractivity contribution < 1.29 is 4.21 Å². The molecule has 0 aliphatic carbocycles. The molecule has 3 aromatic rings. The third kappa shape index (κ3) is 3.34. The van der Waals surface area contributed by atoms with Gasteiger partial charge in [0.15, 0.2) is 0 Å². The van der Waals surface area contributed by atoms with E-state index in [2.05, 4.69) is 51.6 Å². The van der Waals surface area contributed by atoms with Gasteiger partial charge in [-0.05, 0) is 38.0 Å². The van der Waals surface area contributed by atoms with Gasteiger partial charge in [0.2, 0.25) is 0 Å². The molecule has 0 saturated carbocycles. The Balaban J connectivity index is 2.00. The summed E-state index contributed by atoms with van der Waals surface area (Å²) < 4.78 is 18.1. The summed E-state index contributed by atoms with van der Waals surface area (Å²) in [6.07, 6.45) is 3.85. The van der Waals surface area contributed by atoms with Crippen molar-refractivity contribution in [3.05, 3.63) is 60.3 Å². The van der Waals surface area contributed by atoms with Crippen molar-refractivity contribution in [1.82, 2.24) is 4.57 Å². The topological polar surface area (TPSA) is 34.4 Å². The summed E-state index contributed by atoms with van der Waals surface area (Å²) >= 11 is 0. The van der Waals surface area contributed by atoms with Crippen molar-refractivity contribution in [2.24, 2.45) is 11.4 Å². The van der Waals surface area contributed by atoms with Gasteiger partial charge in [-0.2, -0.15) is 4.40 Å². The first kappa shape index (κ1) is 16.7. The maximum atomic E-state index is 12.1. The SMILES string of the molecule is Cn1cc(-c2ccccc2)c2ccc(C=NS(=O)C(C)(C)C)cc21. The number of nitrogens with zero attached hydrogens (tertiary/aromatic N) is 2. The predicted octanol–water partition coefficient (Wildman–Crippen LogP) is 4.73. The van der Waals surface area contributed by atoms with Gasteiger partial charge < -0.3 is 4.57 Å². The van der Waals surface area contributed by atoms with Crippen LogP contribution in [0.1, 0.15) is 26.3 Å². The lowest BCUT2D eigenvalue weighted by Gasteiger charge is -2.12. The Bertz CT molecular complexity index is 918. The maximum Gasteiger partial charge on any atom is 0.144 e. The van der Waals surface area contributed by atoms with Crippen molar-refractivity contribution in [1.29, 1.82) is 0 Å². The average molecular weight is 338 g/mol. The smallest absolute Gasteiger partial charge is 0.144 e. The van der Waals surface area contributed by atoms with E-state index in [-0.39, 0.29) is 4.75 Å². The van der Waals surface area contributed by atoms with E-state index in [0.29, 0.717) is 0 Å². The second-order valence-electron chi connectivity index (χ2n) is 6.89. The van der Waals surface area contributed by atoms with Crippen LogP contribution in [0.2, 0.25) is 0 Å². The minimum absolute atomic E-state index is 0.341. The van der Waals surface area contributed by atoms with Gasteiger partial charge in [-0.3, -0.25) is 0 Å². The highest BCUT2D eigenvalue weighted by molar-refractivity contribution is 7.85. The normalized spacial score (nSPS) is 13.7. The third-order valence-electron chi connectivity index (χ3n) is 3.92. The molecular formula is C20H22N2OS. The molecule has 3 nitrogen and oxygen atoms in total. The zero-order valence-corrected chi connectivity index (χ0v) is 15.3. The van der Waals surface area contributed by atoms with E-state index in [1.165, 1.54) is 16.5 Å². The first-order valence-corrected chi connectivity index (χ1v) is 9.07. The fourth-order valence-electron chi connectivity index (χ4n) is 2.60. The van der Waals surface area contributed by atoms with E-state index >= 15 is 0 Å². The van der Waals surface area contributed by atoms with E-state index < -0.39 is 11.0 Å². The Kier molecular flexibility index (Phi) is 4.41. The average Bonchev–Trinajstić information content (AvgIpc) is 2.89. The number of aromatic nitrogens is 1. The Hall–Kier alpha value is -2.20. The molecule has 124 valence electrons. The van der Waals surface area contributed by atoms with Gasteiger partial charge in [-0.1, -0.05) is 42.5 Å². The van der Waals surface area contributed by atoms with Crippen LogP contribution in [0.5, 0.6) is 0 Å². The Morgan fingerprint density at radius 1 is 1.08 bits per heavy atom. The third-order valence-corrected chi connectivity index (χ3v) is 5.27. The highest BCUT2D eigenvalue weighted by atomic mass is 32.2. The zero-order valence-electron chi connectivity index (χ0n) is 14.5. The summed E-state index contributed by atoms with van der Waals surface area (Å²) in [5.41, 5.74) is 4.52. The number of fused-ring (bicyclic) bond motifs is 1. The standard InChI is InChI=1S/C20H22N2OS/c1-20(2,3)24(23)21-13-15-10-11-17-18(14-22(4)19(17)12-15)16-8-6-5-7-9-16/h5-14H,1-4H3. The Labute approximate surface area is 145 Å². The molecule has 0 radical (unpaired) electrons. The van der Waals surface area contributed by atoms with Gasteiger partial charge >= 0.3 is 0 Å². The largest absolute Gasteiger partial charge is 0.350 e. The van der Waals surface area contributed by atoms with Crippen molar-refractivity contribution in [3.8, 4) is 11.1 Å². The summed E-state index contributed by atoms with van der Waals surface area (Å²) in [7, 11) is 0.806. The van der Waals surface area contributed by atoms with E-state index in [1.54, 1.807) is 6.21 Å². The Morgan fingerprint density at radius 3 is 2.46 bits per heavy atom. The highest BCUT2D eigenvalue weighted by Gasteiger charge is 2.18. The molecule has 0 bridgehead atoms. The molecule has 2 aromatic carbocycles. The van der Waals surface area contributed by atoms with Crippen LogP contribution in [0.3, 0.4) is 0 Å². The first-order chi connectivity index (χ1) is 11.4. The molecule has 0 aliphatic heterocycles. The van der Waals surface area contributed by atoms with Gasteiger partial charge in [0, 0.05) is 35.9 Å². The molecule has 24 heavy (non-hydrogen) atoms. The fourth-order valence-corrected chi connectivity index (χ4v) is 3.13. The minimum Gasteiger partial charge on any atom is -0.350 e. The summed E-state index contributed by atoms with van der Waals surface area (Å²) in [4.78, 5) is 0. The van der Waals surface area contributed by atoms with E-state index in [0.717, 1.165) is 11.1 Å². The summed E-state index contributed by atoms with van der Waals surface area (Å²) in [6, 6.07) is 16.6. The van der Waals surface area contributed by atoms with Gasteiger partial charge in [-0.15, -0.1) is 0 Å². The number of hydrogen-bond donors (Lipinski definition) is 0. The van der Waals surface area contributed by atoms with Crippen LogP contribution in [0.4, 0.5) is 0 Å². The van der Waals surface area contributed by atoms with Crippen LogP contribution < -0.4 is 0 Å². The molecule has 4 heteroatoms. The van der Waals surface area contributed by atoms with E-state index in [9.17, 15) is 4.21 Å². The maximum absolute atomic E-state index is 12.1. The van der Waals surface area contributed by atoms with Crippen LogP contribution >= 0.6 is 0 Å². The molecule has 1 unspecified atom stereocenters. The molecule has 1 atom stereocenters. The van der Waals surface area contributed by atoms with Crippen molar-refractivity contribution >= 4 is 28.1 Å². The van der Waals surface area contributed by atoms with Crippen molar-refractivity contribution in [3.63, 3.8) is 0 Å². The lowest BCUT2D eigenvalue weighted by Crippen LogP contribution is -2.19. The number of hydrogen-bond acceptors (Lipinski definition) is 1.